The van der Waals surface area contributed by atoms with Crippen molar-refractivity contribution in [3.8, 4) is 34.4 Å². The first kappa shape index (κ1) is 20.5. The van der Waals surface area contributed by atoms with E-state index in [9.17, 15) is 4.79 Å². The van der Waals surface area contributed by atoms with Gasteiger partial charge in [0.1, 0.15) is 0 Å². The maximum Gasteiger partial charge on any atom is 0.227 e. The van der Waals surface area contributed by atoms with Gasteiger partial charge in [0.05, 0.1) is 27.4 Å². The van der Waals surface area contributed by atoms with Crippen LogP contribution in [-0.4, -0.2) is 43.5 Å². The van der Waals surface area contributed by atoms with Gasteiger partial charge in [0.25, 0.3) is 0 Å². The molecule has 3 aromatic rings. The van der Waals surface area contributed by atoms with Crippen LogP contribution in [-0.2, 0) is 11.2 Å². The van der Waals surface area contributed by atoms with Crippen molar-refractivity contribution in [3.05, 3.63) is 42.3 Å². The molecular weight excluding hydrogens is 402 g/mol. The number of carbonyl (C=O) groups excluding carboxylic acids is 1. The Balaban J connectivity index is 1.35. The molecule has 1 aromatic heterocycles. The number of ether oxygens (including phenoxy) is 4. The van der Waals surface area contributed by atoms with Gasteiger partial charge in [0, 0.05) is 36.6 Å². The molecule has 31 heavy (non-hydrogen) atoms. The van der Waals surface area contributed by atoms with Gasteiger partial charge in [0.2, 0.25) is 17.6 Å². The van der Waals surface area contributed by atoms with Crippen LogP contribution in [0.1, 0.15) is 18.7 Å². The van der Waals surface area contributed by atoms with Gasteiger partial charge in [-0.25, -0.2) is 0 Å². The number of amides is 1. The van der Waals surface area contributed by atoms with Crippen molar-refractivity contribution in [1.29, 1.82) is 0 Å². The van der Waals surface area contributed by atoms with Crippen LogP contribution in [0, 0.1) is 0 Å². The summed E-state index contributed by atoms with van der Waals surface area (Å²) in [5, 5.41) is 6.85. The number of aromatic nitrogens is 2. The molecule has 0 saturated carbocycles. The zero-order valence-corrected chi connectivity index (χ0v) is 17.3. The molecule has 9 heteroatoms. The Bertz CT molecular complexity index is 1070. The highest BCUT2D eigenvalue weighted by atomic mass is 16.5. The van der Waals surface area contributed by atoms with E-state index in [0.717, 1.165) is 12.0 Å². The average molecular weight is 425 g/mol. The summed E-state index contributed by atoms with van der Waals surface area (Å²) in [6, 6.07) is 10.7. The lowest BCUT2D eigenvalue weighted by Gasteiger charge is -2.10. The molecule has 1 aliphatic rings. The molecule has 0 fully saturated rings. The van der Waals surface area contributed by atoms with Crippen molar-refractivity contribution in [2.75, 3.05) is 32.8 Å². The number of nitrogens with one attached hydrogen (secondary N) is 1. The third-order valence-electron chi connectivity index (χ3n) is 4.71. The first-order valence-corrected chi connectivity index (χ1v) is 9.91. The first-order chi connectivity index (χ1) is 15.2. The van der Waals surface area contributed by atoms with Gasteiger partial charge in [-0.1, -0.05) is 5.16 Å². The van der Waals surface area contributed by atoms with E-state index < -0.39 is 0 Å². The van der Waals surface area contributed by atoms with E-state index in [1.165, 1.54) is 0 Å². The maximum absolute atomic E-state index is 12.3. The molecule has 1 aliphatic heterocycles. The maximum atomic E-state index is 12.3. The molecule has 1 N–H and O–H groups in total. The molecule has 0 bridgehead atoms. The van der Waals surface area contributed by atoms with E-state index in [1.54, 1.807) is 44.6 Å². The Morgan fingerprint density at radius 1 is 1.03 bits per heavy atom. The van der Waals surface area contributed by atoms with Crippen molar-refractivity contribution < 1.29 is 28.3 Å². The Morgan fingerprint density at radius 2 is 1.84 bits per heavy atom. The van der Waals surface area contributed by atoms with Crippen molar-refractivity contribution in [3.63, 3.8) is 0 Å². The molecule has 2 aromatic carbocycles. The van der Waals surface area contributed by atoms with E-state index in [4.69, 9.17) is 23.5 Å². The molecule has 0 saturated heterocycles. The van der Waals surface area contributed by atoms with Gasteiger partial charge in [-0.05, 0) is 30.3 Å². The Kier molecular flexibility index (Phi) is 6.21. The van der Waals surface area contributed by atoms with E-state index >= 15 is 0 Å². The fraction of sp³-hybridized carbons (Fsp3) is 0.318. The van der Waals surface area contributed by atoms with Crippen molar-refractivity contribution in [2.45, 2.75) is 19.3 Å². The second-order valence-electron chi connectivity index (χ2n) is 6.84. The summed E-state index contributed by atoms with van der Waals surface area (Å²) in [6.45, 7) is 1.21. The molecular formula is C22H23N3O6. The number of carbonyl (C=O) groups is 1. The highest BCUT2D eigenvalue weighted by molar-refractivity contribution is 5.91. The number of hydrogen-bond donors (Lipinski definition) is 1. The second kappa shape index (κ2) is 9.38. The number of benzene rings is 2. The summed E-state index contributed by atoms with van der Waals surface area (Å²) in [4.78, 5) is 16.7. The summed E-state index contributed by atoms with van der Waals surface area (Å²) < 4.78 is 27.1. The third kappa shape index (κ3) is 4.88. The minimum atomic E-state index is -0.166. The van der Waals surface area contributed by atoms with E-state index in [-0.39, 0.29) is 12.3 Å². The molecule has 0 radical (unpaired) electrons. The number of anilines is 1. The molecule has 1 amide bonds. The predicted octanol–water partition coefficient (Wildman–Crippen LogP) is 3.49. The topological polar surface area (TPSA) is 105 Å². The highest BCUT2D eigenvalue weighted by Crippen LogP contribution is 2.33. The molecule has 4 rings (SSSR count). The molecule has 9 nitrogen and oxygen atoms in total. The van der Waals surface area contributed by atoms with Crippen LogP contribution in [0.5, 0.6) is 23.0 Å². The number of fused-ring (bicyclic) bond motifs is 1. The molecule has 162 valence electrons. The molecule has 0 aliphatic carbocycles. The number of nitrogens with zero attached hydrogens (tertiary/aromatic N) is 2. The van der Waals surface area contributed by atoms with Crippen molar-refractivity contribution in [1.82, 2.24) is 10.1 Å². The van der Waals surface area contributed by atoms with Crippen LogP contribution in [0.3, 0.4) is 0 Å². The summed E-state index contributed by atoms with van der Waals surface area (Å²) in [5.41, 5.74) is 1.37. The number of methoxy groups -OCH3 is 2. The lowest BCUT2D eigenvalue weighted by Crippen LogP contribution is -2.12. The zero-order valence-electron chi connectivity index (χ0n) is 17.3. The largest absolute Gasteiger partial charge is 0.493 e. The lowest BCUT2D eigenvalue weighted by molar-refractivity contribution is -0.116. The van der Waals surface area contributed by atoms with Gasteiger partial charge in [-0.2, -0.15) is 4.98 Å². The van der Waals surface area contributed by atoms with Gasteiger partial charge in [-0.15, -0.1) is 0 Å². The van der Waals surface area contributed by atoms with Crippen molar-refractivity contribution >= 4 is 11.6 Å². The van der Waals surface area contributed by atoms with E-state index in [0.29, 0.717) is 60.0 Å². The monoisotopic (exact) mass is 425 g/mol. The molecule has 0 spiro atoms. The summed E-state index contributed by atoms with van der Waals surface area (Å²) in [6.07, 6.45) is 1.34. The minimum absolute atomic E-state index is 0.166. The summed E-state index contributed by atoms with van der Waals surface area (Å²) in [7, 11) is 3.13. The third-order valence-corrected chi connectivity index (χ3v) is 4.71. The molecule has 0 atom stereocenters. The SMILES string of the molecule is COc1ccc(-c2noc(CCC(=O)Nc3ccc4c(c3)OCCCO4)n2)cc1OC. The minimum Gasteiger partial charge on any atom is -0.493 e. The number of aryl methyl sites for hydroxylation is 1. The Morgan fingerprint density at radius 3 is 2.65 bits per heavy atom. The Labute approximate surface area is 179 Å². The fourth-order valence-electron chi connectivity index (χ4n) is 3.13. The van der Waals surface area contributed by atoms with Crippen LogP contribution < -0.4 is 24.3 Å². The predicted molar refractivity (Wildman–Crippen MR) is 112 cm³/mol. The van der Waals surface area contributed by atoms with Crippen LogP contribution >= 0.6 is 0 Å². The number of hydrogen-bond acceptors (Lipinski definition) is 8. The quantitative estimate of drug-likeness (QED) is 0.613. The lowest BCUT2D eigenvalue weighted by atomic mass is 10.2. The highest BCUT2D eigenvalue weighted by Gasteiger charge is 2.15. The van der Waals surface area contributed by atoms with Gasteiger partial charge >= 0.3 is 0 Å². The molecule has 2 heterocycles. The molecule has 0 unspecified atom stereocenters. The zero-order chi connectivity index (χ0) is 21.6. The normalized spacial score (nSPS) is 12.7. The Hall–Kier alpha value is -3.75. The standard InChI is InChI=1S/C22H23N3O6/c1-27-16-6-4-14(12-18(16)28-2)22-24-21(31-25-22)9-8-20(26)23-15-5-7-17-19(13-15)30-11-3-10-29-17/h4-7,12-13H,3,8-11H2,1-2H3,(H,23,26). The van der Waals surface area contributed by atoms with Gasteiger partial charge in [0.15, 0.2) is 23.0 Å². The second-order valence-corrected chi connectivity index (χ2v) is 6.84. The van der Waals surface area contributed by atoms with Crippen LogP contribution in [0.4, 0.5) is 5.69 Å². The fourth-order valence-corrected chi connectivity index (χ4v) is 3.13. The summed E-state index contributed by atoms with van der Waals surface area (Å²) in [5.74, 6) is 3.12. The summed E-state index contributed by atoms with van der Waals surface area (Å²) >= 11 is 0. The van der Waals surface area contributed by atoms with E-state index in [2.05, 4.69) is 15.5 Å². The van der Waals surface area contributed by atoms with Gasteiger partial charge < -0.3 is 28.8 Å². The first-order valence-electron chi connectivity index (χ1n) is 9.91. The van der Waals surface area contributed by atoms with Crippen LogP contribution in [0.2, 0.25) is 0 Å². The smallest absolute Gasteiger partial charge is 0.227 e. The van der Waals surface area contributed by atoms with Crippen molar-refractivity contribution in [2.24, 2.45) is 0 Å². The van der Waals surface area contributed by atoms with Gasteiger partial charge in [-0.3, -0.25) is 4.79 Å². The number of rotatable bonds is 7. The van der Waals surface area contributed by atoms with E-state index in [1.807, 2.05) is 6.07 Å². The van der Waals surface area contributed by atoms with Crippen LogP contribution in [0.15, 0.2) is 40.9 Å². The van der Waals surface area contributed by atoms with Crippen LogP contribution in [0.25, 0.3) is 11.4 Å². The average Bonchev–Trinajstić information content (AvgIpc) is 3.15.